The molecule has 1 amide bonds. The quantitative estimate of drug-likeness (QED) is 0.603. The van der Waals surface area contributed by atoms with Crippen LogP contribution in [0.4, 0.5) is 0 Å². The molecule has 7 heteroatoms. The Balaban J connectivity index is 1.49. The van der Waals surface area contributed by atoms with Crippen molar-refractivity contribution >= 4 is 22.9 Å². The van der Waals surface area contributed by atoms with Crippen LogP contribution in [-0.2, 0) is 6.54 Å². The topological polar surface area (TPSA) is 72.2 Å². The third kappa shape index (κ3) is 3.09. The second-order valence-electron chi connectivity index (χ2n) is 6.01. The number of carbonyl (C=O) groups is 1. The molecule has 0 saturated carbocycles. The number of hydrogen-bond acceptors (Lipinski definition) is 5. The van der Waals surface area contributed by atoms with Crippen LogP contribution in [0.3, 0.4) is 0 Å². The molecule has 1 aromatic carbocycles. The summed E-state index contributed by atoms with van der Waals surface area (Å²) < 4.78 is 1.70. The third-order valence-corrected chi connectivity index (χ3v) is 5.03. The van der Waals surface area contributed by atoms with Crippen LogP contribution in [0.15, 0.2) is 48.0 Å². The molecule has 3 heterocycles. The van der Waals surface area contributed by atoms with Gasteiger partial charge in [-0.15, -0.1) is 11.3 Å². The summed E-state index contributed by atoms with van der Waals surface area (Å²) in [4.78, 5) is 21.5. The Morgan fingerprint density at radius 3 is 2.85 bits per heavy atom. The van der Waals surface area contributed by atoms with Gasteiger partial charge in [-0.1, -0.05) is 30.3 Å². The van der Waals surface area contributed by atoms with Gasteiger partial charge in [0, 0.05) is 23.2 Å². The number of amides is 1. The average molecular weight is 363 g/mol. The van der Waals surface area contributed by atoms with Gasteiger partial charge in [-0.2, -0.15) is 5.10 Å². The van der Waals surface area contributed by atoms with Gasteiger partial charge in [-0.25, -0.2) is 14.5 Å². The summed E-state index contributed by atoms with van der Waals surface area (Å²) in [6.45, 7) is 4.14. The summed E-state index contributed by atoms with van der Waals surface area (Å²) in [5.74, 6) is -0.181. The largest absolute Gasteiger partial charge is 0.346 e. The Bertz CT molecular complexity index is 1080. The van der Waals surface area contributed by atoms with Crippen molar-refractivity contribution in [3.63, 3.8) is 0 Å². The fourth-order valence-corrected chi connectivity index (χ4v) is 3.58. The molecule has 0 aliphatic heterocycles. The predicted molar refractivity (Wildman–Crippen MR) is 101 cm³/mol. The predicted octanol–water partition coefficient (Wildman–Crippen LogP) is 3.40. The number of thiazole rings is 1. The first kappa shape index (κ1) is 16.4. The van der Waals surface area contributed by atoms with Crippen molar-refractivity contribution in [3.8, 4) is 10.6 Å². The standard InChI is InChI=1S/C19H17N5OS/c1-12-8-17-20-10-16(13(2)24(17)23-12)18(25)21-9-15-11-26-19(22-15)14-6-4-3-5-7-14/h3-8,10-11H,9H2,1-2H3,(H,21,25). The van der Waals surface area contributed by atoms with E-state index in [4.69, 9.17) is 0 Å². The Morgan fingerprint density at radius 1 is 1.23 bits per heavy atom. The van der Waals surface area contributed by atoms with E-state index < -0.39 is 0 Å². The Hall–Kier alpha value is -3.06. The molecule has 0 saturated heterocycles. The molecule has 0 bridgehead atoms. The maximum Gasteiger partial charge on any atom is 0.255 e. The number of benzene rings is 1. The van der Waals surface area contributed by atoms with E-state index >= 15 is 0 Å². The lowest BCUT2D eigenvalue weighted by molar-refractivity contribution is 0.0949. The van der Waals surface area contributed by atoms with Gasteiger partial charge in [0.25, 0.3) is 5.91 Å². The average Bonchev–Trinajstić information content (AvgIpc) is 3.27. The maximum absolute atomic E-state index is 12.5. The molecule has 0 atom stereocenters. The van der Waals surface area contributed by atoms with E-state index in [1.54, 1.807) is 22.0 Å². The third-order valence-electron chi connectivity index (χ3n) is 4.09. The normalized spacial score (nSPS) is 11.0. The van der Waals surface area contributed by atoms with Gasteiger partial charge >= 0.3 is 0 Å². The number of aromatic nitrogens is 4. The van der Waals surface area contributed by atoms with Gasteiger partial charge in [0.05, 0.1) is 29.2 Å². The number of hydrogen-bond donors (Lipinski definition) is 1. The summed E-state index contributed by atoms with van der Waals surface area (Å²) in [5, 5.41) is 10.2. The maximum atomic E-state index is 12.5. The van der Waals surface area contributed by atoms with Gasteiger partial charge in [0.15, 0.2) is 5.65 Å². The fraction of sp³-hybridized carbons (Fsp3) is 0.158. The van der Waals surface area contributed by atoms with Gasteiger partial charge < -0.3 is 5.32 Å². The molecule has 26 heavy (non-hydrogen) atoms. The van der Waals surface area contributed by atoms with Crippen LogP contribution in [0.5, 0.6) is 0 Å². The molecular formula is C19H17N5OS. The first-order valence-electron chi connectivity index (χ1n) is 8.22. The van der Waals surface area contributed by atoms with E-state index in [-0.39, 0.29) is 5.91 Å². The minimum Gasteiger partial charge on any atom is -0.346 e. The number of carbonyl (C=O) groups excluding carboxylic acids is 1. The molecule has 4 rings (SSSR count). The van der Waals surface area contributed by atoms with Crippen LogP contribution >= 0.6 is 11.3 Å². The van der Waals surface area contributed by atoms with Crippen LogP contribution in [0.2, 0.25) is 0 Å². The number of aryl methyl sites for hydroxylation is 2. The monoisotopic (exact) mass is 363 g/mol. The van der Waals surface area contributed by atoms with Gasteiger partial charge in [-0.05, 0) is 13.8 Å². The van der Waals surface area contributed by atoms with Crippen LogP contribution < -0.4 is 5.32 Å². The van der Waals surface area contributed by atoms with Gasteiger partial charge in [0.2, 0.25) is 0 Å². The van der Waals surface area contributed by atoms with Crippen molar-refractivity contribution in [3.05, 3.63) is 70.6 Å². The Kier molecular flexibility index (Phi) is 4.22. The molecular weight excluding hydrogens is 346 g/mol. The molecule has 0 spiro atoms. The second-order valence-corrected chi connectivity index (χ2v) is 6.86. The van der Waals surface area contributed by atoms with Crippen molar-refractivity contribution in [1.29, 1.82) is 0 Å². The Labute approximate surface area is 154 Å². The molecule has 0 aliphatic carbocycles. The summed E-state index contributed by atoms with van der Waals surface area (Å²) >= 11 is 1.57. The first-order chi connectivity index (χ1) is 12.6. The van der Waals surface area contributed by atoms with E-state index in [1.165, 1.54) is 0 Å². The zero-order valence-electron chi connectivity index (χ0n) is 14.4. The molecule has 6 nitrogen and oxygen atoms in total. The zero-order valence-corrected chi connectivity index (χ0v) is 15.2. The van der Waals surface area contributed by atoms with E-state index in [0.29, 0.717) is 12.1 Å². The van der Waals surface area contributed by atoms with Crippen LogP contribution in [-0.4, -0.2) is 25.5 Å². The van der Waals surface area contributed by atoms with Crippen molar-refractivity contribution in [2.24, 2.45) is 0 Å². The highest BCUT2D eigenvalue weighted by atomic mass is 32.1. The molecule has 3 aromatic heterocycles. The summed E-state index contributed by atoms with van der Waals surface area (Å²) in [5.41, 5.74) is 4.80. The SMILES string of the molecule is Cc1cc2ncc(C(=O)NCc3csc(-c4ccccc4)n3)c(C)n2n1. The number of nitrogens with zero attached hydrogens (tertiary/aromatic N) is 4. The van der Waals surface area contributed by atoms with Crippen molar-refractivity contribution in [2.45, 2.75) is 20.4 Å². The zero-order chi connectivity index (χ0) is 18.1. The van der Waals surface area contributed by atoms with Crippen LogP contribution in [0, 0.1) is 13.8 Å². The summed E-state index contributed by atoms with van der Waals surface area (Å²) in [6, 6.07) is 11.9. The first-order valence-corrected chi connectivity index (χ1v) is 9.10. The molecule has 130 valence electrons. The lowest BCUT2D eigenvalue weighted by Gasteiger charge is -2.07. The molecule has 0 unspecified atom stereocenters. The van der Waals surface area contributed by atoms with Crippen molar-refractivity contribution in [2.75, 3.05) is 0 Å². The highest BCUT2D eigenvalue weighted by Crippen LogP contribution is 2.23. The molecule has 0 radical (unpaired) electrons. The van der Waals surface area contributed by atoms with Crippen LogP contribution in [0.25, 0.3) is 16.2 Å². The molecule has 0 aliphatic rings. The second kappa shape index (κ2) is 6.68. The number of rotatable bonds is 4. The fourth-order valence-electron chi connectivity index (χ4n) is 2.75. The van der Waals surface area contributed by atoms with Gasteiger partial charge in [-0.3, -0.25) is 4.79 Å². The minimum atomic E-state index is -0.181. The van der Waals surface area contributed by atoms with E-state index in [1.807, 2.05) is 55.6 Å². The number of nitrogens with one attached hydrogen (secondary N) is 1. The Morgan fingerprint density at radius 2 is 2.04 bits per heavy atom. The lowest BCUT2D eigenvalue weighted by atomic mass is 10.2. The van der Waals surface area contributed by atoms with Crippen molar-refractivity contribution < 1.29 is 4.79 Å². The molecule has 4 aromatic rings. The summed E-state index contributed by atoms with van der Waals surface area (Å²) in [6.07, 6.45) is 1.59. The molecule has 1 N–H and O–H groups in total. The van der Waals surface area contributed by atoms with E-state index in [2.05, 4.69) is 20.4 Å². The lowest BCUT2D eigenvalue weighted by Crippen LogP contribution is -2.25. The minimum absolute atomic E-state index is 0.181. The highest BCUT2D eigenvalue weighted by molar-refractivity contribution is 7.13. The van der Waals surface area contributed by atoms with E-state index in [9.17, 15) is 4.79 Å². The number of fused-ring (bicyclic) bond motifs is 1. The van der Waals surface area contributed by atoms with Crippen molar-refractivity contribution in [1.82, 2.24) is 24.9 Å². The summed E-state index contributed by atoms with van der Waals surface area (Å²) in [7, 11) is 0. The van der Waals surface area contributed by atoms with Gasteiger partial charge in [0.1, 0.15) is 5.01 Å². The molecule has 0 fully saturated rings. The van der Waals surface area contributed by atoms with E-state index in [0.717, 1.165) is 33.3 Å². The highest BCUT2D eigenvalue weighted by Gasteiger charge is 2.14. The smallest absolute Gasteiger partial charge is 0.255 e. The van der Waals surface area contributed by atoms with Crippen LogP contribution in [0.1, 0.15) is 27.4 Å².